The average Bonchev–Trinajstić information content (AvgIpc) is 2.72. The summed E-state index contributed by atoms with van der Waals surface area (Å²) < 4.78 is 5.43. The number of hydrogen-bond donors (Lipinski definition) is 2. The lowest BCUT2D eigenvalue weighted by Gasteiger charge is -2.15. The van der Waals surface area contributed by atoms with E-state index in [9.17, 15) is 5.11 Å². The Kier molecular flexibility index (Phi) is 2.89. The summed E-state index contributed by atoms with van der Waals surface area (Å²) in [5.41, 5.74) is 0. The quantitative estimate of drug-likeness (QED) is 0.770. The maximum Gasteiger partial charge on any atom is 0.117 e. The van der Waals surface area contributed by atoms with Crippen LogP contribution in [0.3, 0.4) is 0 Å². The zero-order chi connectivity index (χ0) is 9.97. The van der Waals surface area contributed by atoms with Crippen LogP contribution in [0.1, 0.15) is 30.8 Å². The van der Waals surface area contributed by atoms with Crippen molar-refractivity contribution >= 4 is 0 Å². The summed E-state index contributed by atoms with van der Waals surface area (Å²) in [5, 5.41) is 12.9. The highest BCUT2D eigenvalue weighted by Gasteiger charge is 2.24. The predicted molar refractivity (Wildman–Crippen MR) is 53.9 cm³/mol. The van der Waals surface area contributed by atoms with E-state index in [0.717, 1.165) is 37.3 Å². The Morgan fingerprint density at radius 1 is 1.50 bits per heavy atom. The molecule has 1 aliphatic carbocycles. The molecule has 0 spiro atoms. The molecule has 1 aromatic heterocycles. The number of hydrogen-bond acceptors (Lipinski definition) is 3. The van der Waals surface area contributed by atoms with Gasteiger partial charge < -0.3 is 14.8 Å². The highest BCUT2D eigenvalue weighted by Crippen LogP contribution is 2.19. The van der Waals surface area contributed by atoms with Gasteiger partial charge in [0.2, 0.25) is 0 Å². The summed E-state index contributed by atoms with van der Waals surface area (Å²) in [5.74, 6) is 1.88. The summed E-state index contributed by atoms with van der Waals surface area (Å²) in [6, 6.07) is 4.19. The molecule has 0 bridgehead atoms. The van der Waals surface area contributed by atoms with Gasteiger partial charge in [-0.05, 0) is 38.3 Å². The Bertz CT molecular complexity index is 295. The van der Waals surface area contributed by atoms with Gasteiger partial charge in [0, 0.05) is 6.04 Å². The Balaban J connectivity index is 1.82. The second kappa shape index (κ2) is 4.15. The fraction of sp³-hybridized carbons (Fsp3) is 0.636. The standard InChI is InChI=1S/C11H17NO2/c1-8-5-6-9(14-8)7-12-10-3-2-4-11(10)13/h5-6,10-13H,2-4,7H2,1H3. The molecule has 1 saturated carbocycles. The molecule has 1 aromatic rings. The van der Waals surface area contributed by atoms with Crippen LogP contribution >= 0.6 is 0 Å². The van der Waals surface area contributed by atoms with E-state index in [4.69, 9.17) is 4.42 Å². The first-order valence-corrected chi connectivity index (χ1v) is 5.22. The minimum absolute atomic E-state index is 0.175. The summed E-state index contributed by atoms with van der Waals surface area (Å²) in [4.78, 5) is 0. The Morgan fingerprint density at radius 3 is 2.93 bits per heavy atom. The van der Waals surface area contributed by atoms with E-state index in [2.05, 4.69) is 5.32 Å². The molecular weight excluding hydrogens is 178 g/mol. The molecule has 1 aliphatic rings. The molecule has 1 fully saturated rings. The number of nitrogens with one attached hydrogen (secondary N) is 1. The highest BCUT2D eigenvalue weighted by atomic mass is 16.3. The van der Waals surface area contributed by atoms with Gasteiger partial charge in [-0.15, -0.1) is 0 Å². The molecule has 0 saturated heterocycles. The van der Waals surface area contributed by atoms with Crippen LogP contribution in [0.5, 0.6) is 0 Å². The molecule has 3 heteroatoms. The number of rotatable bonds is 3. The van der Waals surface area contributed by atoms with Crippen molar-refractivity contribution in [2.75, 3.05) is 0 Å². The minimum atomic E-state index is -0.175. The molecule has 0 amide bonds. The van der Waals surface area contributed by atoms with Crippen molar-refractivity contribution in [2.45, 2.75) is 44.9 Å². The van der Waals surface area contributed by atoms with Gasteiger partial charge in [0.1, 0.15) is 11.5 Å². The van der Waals surface area contributed by atoms with Crippen LogP contribution in [0, 0.1) is 6.92 Å². The maximum absolute atomic E-state index is 9.58. The first kappa shape index (κ1) is 9.74. The summed E-state index contributed by atoms with van der Waals surface area (Å²) in [6.07, 6.45) is 2.94. The molecular formula is C11H17NO2. The van der Waals surface area contributed by atoms with Crippen LogP contribution < -0.4 is 5.32 Å². The van der Waals surface area contributed by atoms with E-state index in [1.165, 1.54) is 0 Å². The fourth-order valence-corrected chi connectivity index (χ4v) is 1.99. The topological polar surface area (TPSA) is 45.4 Å². The van der Waals surface area contributed by atoms with Gasteiger partial charge in [-0.25, -0.2) is 0 Å². The monoisotopic (exact) mass is 195 g/mol. The number of furan rings is 1. The van der Waals surface area contributed by atoms with Crippen LogP contribution in [0.4, 0.5) is 0 Å². The first-order valence-electron chi connectivity index (χ1n) is 5.22. The highest BCUT2D eigenvalue weighted by molar-refractivity contribution is 5.05. The largest absolute Gasteiger partial charge is 0.465 e. The molecule has 2 atom stereocenters. The van der Waals surface area contributed by atoms with Gasteiger partial charge in [-0.3, -0.25) is 0 Å². The second-order valence-corrected chi connectivity index (χ2v) is 4.00. The van der Waals surface area contributed by atoms with E-state index in [0.29, 0.717) is 0 Å². The second-order valence-electron chi connectivity index (χ2n) is 4.00. The van der Waals surface area contributed by atoms with Crippen molar-refractivity contribution in [1.82, 2.24) is 5.32 Å². The van der Waals surface area contributed by atoms with Gasteiger partial charge in [0.05, 0.1) is 12.6 Å². The van der Waals surface area contributed by atoms with Crippen LogP contribution in [-0.4, -0.2) is 17.3 Å². The van der Waals surface area contributed by atoms with Crippen LogP contribution in [0.15, 0.2) is 16.5 Å². The Hall–Kier alpha value is -0.800. The predicted octanol–water partition coefficient (Wildman–Crippen LogP) is 1.59. The molecule has 14 heavy (non-hydrogen) atoms. The third-order valence-corrected chi connectivity index (χ3v) is 2.81. The van der Waals surface area contributed by atoms with Gasteiger partial charge in [-0.1, -0.05) is 0 Å². The lowest BCUT2D eigenvalue weighted by Crippen LogP contribution is -2.34. The molecule has 3 nitrogen and oxygen atoms in total. The number of aliphatic hydroxyl groups is 1. The van der Waals surface area contributed by atoms with E-state index in [1.807, 2.05) is 19.1 Å². The third kappa shape index (κ3) is 2.16. The molecule has 2 N–H and O–H groups in total. The summed E-state index contributed by atoms with van der Waals surface area (Å²) >= 11 is 0. The molecule has 0 aliphatic heterocycles. The van der Waals surface area contributed by atoms with E-state index in [-0.39, 0.29) is 12.1 Å². The number of aryl methyl sites for hydroxylation is 1. The lowest BCUT2D eigenvalue weighted by atomic mass is 10.2. The zero-order valence-electron chi connectivity index (χ0n) is 8.49. The Labute approximate surface area is 84.1 Å². The van der Waals surface area contributed by atoms with Crippen LogP contribution in [0.2, 0.25) is 0 Å². The first-order chi connectivity index (χ1) is 6.75. The molecule has 0 radical (unpaired) electrons. The summed E-state index contributed by atoms with van der Waals surface area (Å²) in [7, 11) is 0. The molecule has 2 rings (SSSR count). The van der Waals surface area contributed by atoms with Crippen molar-refractivity contribution in [3.63, 3.8) is 0 Å². The fourth-order valence-electron chi connectivity index (χ4n) is 1.99. The van der Waals surface area contributed by atoms with Gasteiger partial charge in [0.15, 0.2) is 0 Å². The van der Waals surface area contributed by atoms with Crippen LogP contribution in [-0.2, 0) is 6.54 Å². The minimum Gasteiger partial charge on any atom is -0.465 e. The maximum atomic E-state index is 9.58. The summed E-state index contributed by atoms with van der Waals surface area (Å²) in [6.45, 7) is 2.66. The van der Waals surface area contributed by atoms with Crippen LogP contribution in [0.25, 0.3) is 0 Å². The van der Waals surface area contributed by atoms with Crippen molar-refractivity contribution in [3.8, 4) is 0 Å². The molecule has 1 heterocycles. The number of aliphatic hydroxyl groups excluding tert-OH is 1. The van der Waals surface area contributed by atoms with Gasteiger partial charge >= 0.3 is 0 Å². The third-order valence-electron chi connectivity index (χ3n) is 2.81. The van der Waals surface area contributed by atoms with E-state index in [1.54, 1.807) is 0 Å². The zero-order valence-corrected chi connectivity index (χ0v) is 8.49. The van der Waals surface area contributed by atoms with Gasteiger partial charge in [0.25, 0.3) is 0 Å². The van der Waals surface area contributed by atoms with Crippen molar-refractivity contribution < 1.29 is 9.52 Å². The van der Waals surface area contributed by atoms with Gasteiger partial charge in [-0.2, -0.15) is 0 Å². The lowest BCUT2D eigenvalue weighted by molar-refractivity contribution is 0.147. The SMILES string of the molecule is Cc1ccc(CNC2CCCC2O)o1. The van der Waals surface area contributed by atoms with E-state index >= 15 is 0 Å². The normalized spacial score (nSPS) is 27.0. The average molecular weight is 195 g/mol. The van der Waals surface area contributed by atoms with Crippen molar-refractivity contribution in [3.05, 3.63) is 23.7 Å². The molecule has 2 unspecified atom stereocenters. The molecule has 78 valence electrons. The van der Waals surface area contributed by atoms with Crippen molar-refractivity contribution in [1.29, 1.82) is 0 Å². The molecule has 0 aromatic carbocycles. The Morgan fingerprint density at radius 2 is 2.36 bits per heavy atom. The van der Waals surface area contributed by atoms with E-state index < -0.39 is 0 Å². The smallest absolute Gasteiger partial charge is 0.117 e. The van der Waals surface area contributed by atoms with Crippen molar-refractivity contribution in [2.24, 2.45) is 0 Å².